The highest BCUT2D eigenvalue weighted by Gasteiger charge is 2.17. The fourth-order valence-corrected chi connectivity index (χ4v) is 3.34. The van der Waals surface area contributed by atoms with Crippen LogP contribution in [-0.2, 0) is 0 Å². The van der Waals surface area contributed by atoms with Crippen LogP contribution >= 0.6 is 11.3 Å². The highest BCUT2D eigenvalue weighted by molar-refractivity contribution is 7.14. The average Bonchev–Trinajstić information content (AvgIpc) is 3.36. The van der Waals surface area contributed by atoms with E-state index in [9.17, 15) is 4.79 Å². The zero-order valence-corrected chi connectivity index (χ0v) is 15.0. The molecule has 1 aromatic carbocycles. The van der Waals surface area contributed by atoms with Gasteiger partial charge in [-0.1, -0.05) is 28.9 Å². The van der Waals surface area contributed by atoms with Gasteiger partial charge >= 0.3 is 0 Å². The SMILES string of the molecule is Cc1ccc(-c2csc(NC(=O)c3cc(-c4ccco4)on3)n2)c(C)c1. The van der Waals surface area contributed by atoms with Gasteiger partial charge in [-0.3, -0.25) is 10.1 Å². The van der Waals surface area contributed by atoms with Gasteiger partial charge in [0.1, 0.15) is 0 Å². The van der Waals surface area contributed by atoms with Crippen molar-refractivity contribution in [3.05, 3.63) is 64.9 Å². The van der Waals surface area contributed by atoms with Crippen molar-refractivity contribution in [2.45, 2.75) is 13.8 Å². The molecule has 0 radical (unpaired) electrons. The second-order valence-electron chi connectivity index (χ2n) is 5.86. The first-order valence-corrected chi connectivity index (χ1v) is 8.83. The molecule has 0 aliphatic rings. The van der Waals surface area contributed by atoms with E-state index in [0.29, 0.717) is 16.7 Å². The number of aromatic nitrogens is 2. The summed E-state index contributed by atoms with van der Waals surface area (Å²) in [7, 11) is 0. The van der Waals surface area contributed by atoms with Crippen LogP contribution in [0.3, 0.4) is 0 Å². The topological polar surface area (TPSA) is 81.2 Å². The molecule has 26 heavy (non-hydrogen) atoms. The zero-order chi connectivity index (χ0) is 18.1. The lowest BCUT2D eigenvalue weighted by atomic mass is 10.0. The maximum atomic E-state index is 12.4. The molecule has 0 unspecified atom stereocenters. The number of furan rings is 1. The number of hydrogen-bond donors (Lipinski definition) is 1. The van der Waals surface area contributed by atoms with Gasteiger partial charge in [-0.2, -0.15) is 0 Å². The first-order valence-electron chi connectivity index (χ1n) is 7.95. The molecule has 130 valence electrons. The number of thiazole rings is 1. The van der Waals surface area contributed by atoms with Crippen molar-refractivity contribution in [1.29, 1.82) is 0 Å². The molecule has 1 amide bonds. The van der Waals surface area contributed by atoms with E-state index in [4.69, 9.17) is 8.94 Å². The molecule has 0 aliphatic heterocycles. The Kier molecular flexibility index (Phi) is 4.14. The van der Waals surface area contributed by atoms with Gasteiger partial charge in [0.2, 0.25) is 5.76 Å². The molecule has 3 heterocycles. The van der Waals surface area contributed by atoms with Crippen molar-refractivity contribution >= 4 is 22.4 Å². The van der Waals surface area contributed by atoms with Crippen molar-refractivity contribution in [3.8, 4) is 22.8 Å². The fraction of sp³-hybridized carbons (Fsp3) is 0.105. The van der Waals surface area contributed by atoms with Crippen LogP contribution in [0.5, 0.6) is 0 Å². The van der Waals surface area contributed by atoms with Gasteiger partial charge in [0.05, 0.1) is 12.0 Å². The van der Waals surface area contributed by atoms with Gasteiger partial charge in [-0.05, 0) is 31.5 Å². The smallest absolute Gasteiger partial charge is 0.279 e. The molecule has 0 saturated heterocycles. The number of nitrogens with zero attached hydrogens (tertiary/aromatic N) is 2. The normalized spacial score (nSPS) is 10.8. The van der Waals surface area contributed by atoms with Gasteiger partial charge in [0.15, 0.2) is 16.6 Å². The third kappa shape index (κ3) is 3.16. The molecule has 4 rings (SSSR count). The van der Waals surface area contributed by atoms with Crippen LogP contribution < -0.4 is 5.32 Å². The maximum absolute atomic E-state index is 12.4. The Morgan fingerprint density at radius 3 is 2.81 bits per heavy atom. The predicted octanol–water partition coefficient (Wildman–Crippen LogP) is 4.93. The summed E-state index contributed by atoms with van der Waals surface area (Å²) in [5, 5.41) is 8.97. The zero-order valence-electron chi connectivity index (χ0n) is 14.1. The fourth-order valence-electron chi connectivity index (χ4n) is 2.63. The largest absolute Gasteiger partial charge is 0.461 e. The van der Waals surface area contributed by atoms with E-state index in [1.807, 2.05) is 24.4 Å². The molecule has 7 heteroatoms. The minimum absolute atomic E-state index is 0.166. The molecule has 0 saturated carbocycles. The van der Waals surface area contributed by atoms with E-state index in [1.54, 1.807) is 12.1 Å². The number of nitrogens with one attached hydrogen (secondary N) is 1. The van der Waals surface area contributed by atoms with Crippen LogP contribution in [0.4, 0.5) is 5.13 Å². The summed E-state index contributed by atoms with van der Waals surface area (Å²) >= 11 is 1.36. The summed E-state index contributed by atoms with van der Waals surface area (Å²) in [5.41, 5.74) is 4.40. The van der Waals surface area contributed by atoms with E-state index in [2.05, 4.69) is 28.4 Å². The highest BCUT2D eigenvalue weighted by Crippen LogP contribution is 2.28. The van der Waals surface area contributed by atoms with Crippen LogP contribution in [-0.4, -0.2) is 16.0 Å². The van der Waals surface area contributed by atoms with E-state index in [-0.39, 0.29) is 11.6 Å². The Balaban J connectivity index is 1.51. The van der Waals surface area contributed by atoms with Crippen LogP contribution in [0.1, 0.15) is 21.6 Å². The van der Waals surface area contributed by atoms with Crippen LogP contribution in [0, 0.1) is 13.8 Å². The van der Waals surface area contributed by atoms with Gasteiger partial charge in [-0.15, -0.1) is 11.3 Å². The van der Waals surface area contributed by atoms with E-state index < -0.39 is 0 Å². The van der Waals surface area contributed by atoms with E-state index >= 15 is 0 Å². The predicted molar refractivity (Wildman–Crippen MR) is 99.2 cm³/mol. The molecule has 0 bridgehead atoms. The highest BCUT2D eigenvalue weighted by atomic mass is 32.1. The molecule has 0 atom stereocenters. The quantitative estimate of drug-likeness (QED) is 0.555. The van der Waals surface area contributed by atoms with Gasteiger partial charge in [0.25, 0.3) is 5.91 Å². The molecule has 4 aromatic rings. The second-order valence-corrected chi connectivity index (χ2v) is 6.72. The Bertz CT molecular complexity index is 1060. The number of hydrogen-bond acceptors (Lipinski definition) is 6. The molecular formula is C19H15N3O3S. The molecule has 0 fully saturated rings. The van der Waals surface area contributed by atoms with Crippen LogP contribution in [0.2, 0.25) is 0 Å². The summed E-state index contributed by atoms with van der Waals surface area (Å²) < 4.78 is 10.4. The summed E-state index contributed by atoms with van der Waals surface area (Å²) in [6.45, 7) is 4.10. The molecule has 0 aliphatic carbocycles. The number of carbonyl (C=O) groups excluding carboxylic acids is 1. The molecule has 1 N–H and O–H groups in total. The number of benzene rings is 1. The maximum Gasteiger partial charge on any atom is 0.279 e. The number of amides is 1. The minimum atomic E-state index is -0.381. The van der Waals surface area contributed by atoms with Gasteiger partial charge in [-0.25, -0.2) is 4.98 Å². The summed E-state index contributed by atoms with van der Waals surface area (Å²) in [5.74, 6) is 0.534. The molecule has 0 spiro atoms. The Labute approximate surface area is 153 Å². The third-order valence-corrected chi connectivity index (χ3v) is 4.65. The third-order valence-electron chi connectivity index (χ3n) is 3.89. The molecular weight excluding hydrogens is 350 g/mol. The first-order chi connectivity index (χ1) is 12.6. The van der Waals surface area contributed by atoms with Crippen LogP contribution in [0.25, 0.3) is 22.8 Å². The van der Waals surface area contributed by atoms with Crippen molar-refractivity contribution in [1.82, 2.24) is 10.1 Å². The minimum Gasteiger partial charge on any atom is -0.461 e. The molecule has 6 nitrogen and oxygen atoms in total. The number of carbonyl (C=O) groups is 1. The number of rotatable bonds is 4. The standard InChI is InChI=1S/C19H15N3O3S/c1-11-5-6-13(12(2)8-11)15-10-26-19(20-15)21-18(23)14-9-17(25-22-14)16-4-3-7-24-16/h3-10H,1-2H3,(H,20,21,23). The first kappa shape index (κ1) is 16.3. The second kappa shape index (κ2) is 6.61. The number of aryl methyl sites for hydroxylation is 2. The lowest BCUT2D eigenvalue weighted by molar-refractivity contribution is 0.101. The monoisotopic (exact) mass is 365 g/mol. The van der Waals surface area contributed by atoms with Gasteiger partial charge < -0.3 is 8.94 Å². The molecule has 3 aromatic heterocycles. The van der Waals surface area contributed by atoms with Crippen molar-refractivity contribution in [3.63, 3.8) is 0 Å². The number of anilines is 1. The lowest BCUT2D eigenvalue weighted by Crippen LogP contribution is -2.11. The Hall–Kier alpha value is -3.19. The van der Waals surface area contributed by atoms with Gasteiger partial charge in [0, 0.05) is 17.0 Å². The summed E-state index contributed by atoms with van der Waals surface area (Å²) in [4.78, 5) is 16.9. The van der Waals surface area contributed by atoms with E-state index in [0.717, 1.165) is 16.8 Å². The van der Waals surface area contributed by atoms with Crippen LogP contribution in [0.15, 0.2) is 57.0 Å². The lowest BCUT2D eigenvalue weighted by Gasteiger charge is -2.03. The van der Waals surface area contributed by atoms with Crippen molar-refractivity contribution in [2.24, 2.45) is 0 Å². The summed E-state index contributed by atoms with van der Waals surface area (Å²) in [6.07, 6.45) is 1.53. The van der Waals surface area contributed by atoms with E-state index in [1.165, 1.54) is 29.2 Å². The van der Waals surface area contributed by atoms with Crippen molar-refractivity contribution < 1.29 is 13.7 Å². The Morgan fingerprint density at radius 2 is 2.04 bits per heavy atom. The summed E-state index contributed by atoms with van der Waals surface area (Å²) in [6, 6.07) is 11.2. The van der Waals surface area contributed by atoms with Crippen molar-refractivity contribution in [2.75, 3.05) is 5.32 Å². The average molecular weight is 365 g/mol. The Morgan fingerprint density at radius 1 is 1.15 bits per heavy atom.